The van der Waals surface area contributed by atoms with Crippen LogP contribution in [0.25, 0.3) is 20.9 Å². The molecular formula is C20H36N10O11. The molecule has 3 fully saturated rings. The largest absolute Gasteiger partial charge is 0.389 e. The molecule has 21 heteroatoms. The summed E-state index contributed by atoms with van der Waals surface area (Å²) in [6, 6.07) is -3.46. The molecule has 15 atom stereocenters. The Bertz CT molecular complexity index is 986. The minimum absolute atomic E-state index is 0.137. The van der Waals surface area contributed by atoms with Crippen LogP contribution in [0.5, 0.6) is 0 Å². The van der Waals surface area contributed by atoms with Gasteiger partial charge in [-0.25, -0.2) is 0 Å². The summed E-state index contributed by atoms with van der Waals surface area (Å²) >= 11 is 0. The number of nitrogens with two attached hydrogens (primary N) is 3. The summed E-state index contributed by atoms with van der Waals surface area (Å²) in [7, 11) is 0. The van der Waals surface area contributed by atoms with E-state index >= 15 is 0 Å². The Hall–Kier alpha value is -2.43. The number of ether oxygens (including phenoxy) is 4. The van der Waals surface area contributed by atoms with E-state index in [1.165, 1.54) is 0 Å². The number of carbonyl (C=O) groups is 1. The molecule has 13 N–H and O–H groups in total. The average Bonchev–Trinajstić information content (AvgIpc) is 2.95. The highest BCUT2D eigenvalue weighted by molar-refractivity contribution is 5.78. The first-order valence-corrected chi connectivity index (χ1v) is 12.7. The fourth-order valence-electron chi connectivity index (χ4n) is 4.96. The Labute approximate surface area is 232 Å². The molecule has 0 spiro atoms. The monoisotopic (exact) mass is 592 g/mol. The zero-order chi connectivity index (χ0) is 30.4. The molecular weight excluding hydrogens is 556 g/mol. The van der Waals surface area contributed by atoms with Crippen LogP contribution in [-0.4, -0.2) is 148 Å². The van der Waals surface area contributed by atoms with E-state index in [-0.39, 0.29) is 19.5 Å². The van der Waals surface area contributed by atoms with Crippen molar-refractivity contribution < 1.29 is 54.4 Å². The van der Waals surface area contributed by atoms with E-state index in [1.54, 1.807) is 0 Å². The molecule has 232 valence electrons. The maximum absolute atomic E-state index is 12.3. The third kappa shape index (κ3) is 7.51. The van der Waals surface area contributed by atoms with Crippen molar-refractivity contribution >= 4 is 5.91 Å². The molecule has 3 rings (SSSR count). The van der Waals surface area contributed by atoms with Crippen molar-refractivity contribution in [2.75, 3.05) is 19.6 Å². The molecule has 2 aliphatic heterocycles. The molecule has 41 heavy (non-hydrogen) atoms. The van der Waals surface area contributed by atoms with Crippen molar-refractivity contribution in [3.63, 3.8) is 0 Å². The lowest BCUT2D eigenvalue weighted by Crippen LogP contribution is -2.69. The summed E-state index contributed by atoms with van der Waals surface area (Å²) in [4.78, 5) is 17.4. The maximum atomic E-state index is 12.3. The van der Waals surface area contributed by atoms with Crippen LogP contribution in [-0.2, 0) is 23.7 Å². The van der Waals surface area contributed by atoms with Gasteiger partial charge in [0.25, 0.3) is 0 Å². The smallest absolute Gasteiger partial charge is 0.226 e. The third-order valence-corrected chi connectivity index (χ3v) is 7.21. The summed E-state index contributed by atoms with van der Waals surface area (Å²) in [5.74, 6) is -0.757. The first kappa shape index (κ1) is 33.1. The number of carbonyl (C=O) groups excluding carboxylic acids is 1. The molecule has 0 aromatic carbocycles. The van der Waals surface area contributed by atoms with Gasteiger partial charge in [-0.3, -0.25) is 4.79 Å². The highest BCUT2D eigenvalue weighted by Crippen LogP contribution is 2.32. The van der Waals surface area contributed by atoms with E-state index in [1.807, 2.05) is 0 Å². The number of azide groups is 2. The molecule has 0 radical (unpaired) electrons. The summed E-state index contributed by atoms with van der Waals surface area (Å²) in [5.41, 5.74) is 34.9. The number of aliphatic hydroxyl groups excluding tert-OH is 6. The fraction of sp³-hybridized carbons (Fsp3) is 0.950. The van der Waals surface area contributed by atoms with Gasteiger partial charge in [0.15, 0.2) is 12.6 Å². The lowest BCUT2D eigenvalue weighted by Gasteiger charge is -2.48. The van der Waals surface area contributed by atoms with Gasteiger partial charge < -0.3 is 72.1 Å². The van der Waals surface area contributed by atoms with Gasteiger partial charge in [-0.05, 0) is 17.5 Å². The zero-order valence-electron chi connectivity index (χ0n) is 21.6. The van der Waals surface area contributed by atoms with Crippen LogP contribution in [0.4, 0.5) is 0 Å². The summed E-state index contributed by atoms with van der Waals surface area (Å²) < 4.78 is 22.6. The standard InChI is InChI=1S/C20H36N10O11/c21-2-7-12(33)14(35)15(36)20(38-7)40-17-5(22)1-6(28-9(31)4-27-30-25)18(16(17)37)41-19-13(34)10(23)11(32)8(39-19)3-26-29-24/h5-8,10-20,32-37H,1-4,21-23H2,(H,28,31)/t5?,6-,7?,8?,10-,11-,12-,13?,14+,15?,16?,17-,18-,19-,20-/m1/s1. The predicted octanol–water partition coefficient (Wildman–Crippen LogP) is -5.51. The van der Waals surface area contributed by atoms with Crippen LogP contribution in [0.15, 0.2) is 10.2 Å². The van der Waals surface area contributed by atoms with Gasteiger partial charge in [-0.15, -0.1) is 0 Å². The normalized spacial score (nSPS) is 44.8. The zero-order valence-corrected chi connectivity index (χ0v) is 21.6. The molecule has 1 saturated carbocycles. The molecule has 1 amide bonds. The van der Waals surface area contributed by atoms with Crippen LogP contribution >= 0.6 is 0 Å². The van der Waals surface area contributed by atoms with Crippen LogP contribution in [0.3, 0.4) is 0 Å². The van der Waals surface area contributed by atoms with Crippen LogP contribution in [0.1, 0.15) is 6.42 Å². The average molecular weight is 593 g/mol. The molecule has 1 aliphatic carbocycles. The SMILES string of the molecule is [N-]=[N+]=NCC(=O)N[C@@H]1CC(N)[C@@H](O[C@H]2OC(CN)[C@@H](O)[C@H](O)C2O)C(O)[C@@H]1O[C@H]1OC(CN=[N+]=[N-])[C@@H](O)[C@@H](N)C1O. The van der Waals surface area contributed by atoms with Crippen molar-refractivity contribution in [2.24, 2.45) is 27.4 Å². The highest BCUT2D eigenvalue weighted by atomic mass is 16.7. The number of hydrogen-bond donors (Lipinski definition) is 10. The van der Waals surface area contributed by atoms with E-state index < -0.39 is 104 Å². The second-order valence-electron chi connectivity index (χ2n) is 9.92. The molecule has 0 aromatic heterocycles. The quantitative estimate of drug-likeness (QED) is 0.0642. The first-order chi connectivity index (χ1) is 19.4. The summed E-state index contributed by atoms with van der Waals surface area (Å²) in [5, 5.41) is 72.0. The Morgan fingerprint density at radius 1 is 0.854 bits per heavy atom. The van der Waals surface area contributed by atoms with Gasteiger partial charge in [0.2, 0.25) is 5.91 Å². The van der Waals surface area contributed by atoms with Crippen molar-refractivity contribution in [2.45, 2.75) is 98.2 Å². The van der Waals surface area contributed by atoms with Crippen molar-refractivity contribution in [3.05, 3.63) is 20.9 Å². The minimum atomic E-state index is -1.77. The number of rotatable bonds is 10. The molecule has 2 saturated heterocycles. The number of aliphatic hydroxyl groups is 6. The van der Waals surface area contributed by atoms with E-state index in [0.29, 0.717) is 0 Å². The van der Waals surface area contributed by atoms with Crippen molar-refractivity contribution in [3.8, 4) is 0 Å². The number of nitrogens with one attached hydrogen (secondary N) is 1. The molecule has 3 aliphatic rings. The topological polar surface area (TPSA) is 363 Å². The number of nitrogens with zero attached hydrogens (tertiary/aromatic N) is 6. The van der Waals surface area contributed by atoms with Crippen molar-refractivity contribution in [1.82, 2.24) is 5.32 Å². The predicted molar refractivity (Wildman–Crippen MR) is 133 cm³/mol. The molecule has 2 heterocycles. The van der Waals surface area contributed by atoms with Gasteiger partial charge in [0, 0.05) is 22.4 Å². The van der Waals surface area contributed by atoms with Crippen LogP contribution in [0.2, 0.25) is 0 Å². The fourth-order valence-corrected chi connectivity index (χ4v) is 4.96. The van der Waals surface area contributed by atoms with Gasteiger partial charge in [-0.1, -0.05) is 10.2 Å². The Morgan fingerprint density at radius 3 is 2.10 bits per heavy atom. The van der Waals surface area contributed by atoms with Crippen LogP contribution < -0.4 is 22.5 Å². The lowest BCUT2D eigenvalue weighted by molar-refractivity contribution is -0.331. The van der Waals surface area contributed by atoms with Gasteiger partial charge >= 0.3 is 0 Å². The van der Waals surface area contributed by atoms with E-state index in [2.05, 4.69) is 25.4 Å². The highest BCUT2D eigenvalue weighted by Gasteiger charge is 2.52. The van der Waals surface area contributed by atoms with E-state index in [4.69, 9.17) is 47.2 Å². The molecule has 0 bridgehead atoms. The van der Waals surface area contributed by atoms with E-state index in [9.17, 15) is 35.4 Å². The molecule has 21 nitrogen and oxygen atoms in total. The van der Waals surface area contributed by atoms with Gasteiger partial charge in [0.05, 0.1) is 30.8 Å². The summed E-state index contributed by atoms with van der Waals surface area (Å²) in [6.07, 6.45) is -18.3. The second kappa shape index (κ2) is 14.6. The van der Waals surface area contributed by atoms with Gasteiger partial charge in [-0.2, -0.15) is 0 Å². The lowest BCUT2D eigenvalue weighted by atomic mass is 9.83. The molecule has 6 unspecified atom stereocenters. The Balaban J connectivity index is 1.86. The maximum Gasteiger partial charge on any atom is 0.226 e. The van der Waals surface area contributed by atoms with Crippen LogP contribution in [0, 0.1) is 0 Å². The number of amides is 1. The van der Waals surface area contributed by atoms with E-state index in [0.717, 1.165) is 0 Å². The third-order valence-electron chi connectivity index (χ3n) is 7.21. The van der Waals surface area contributed by atoms with Crippen molar-refractivity contribution in [1.29, 1.82) is 0 Å². The summed E-state index contributed by atoms with van der Waals surface area (Å²) in [6.45, 7) is -1.21. The first-order valence-electron chi connectivity index (χ1n) is 12.7. The van der Waals surface area contributed by atoms with Gasteiger partial charge in [0.1, 0.15) is 55.4 Å². The Kier molecular flexibility index (Phi) is 11.8. The minimum Gasteiger partial charge on any atom is -0.389 e. The number of hydrogen-bond acceptors (Lipinski definition) is 16. The second-order valence-corrected chi connectivity index (χ2v) is 9.92. The Morgan fingerprint density at radius 2 is 1.46 bits per heavy atom. The molecule has 0 aromatic rings.